The van der Waals surface area contributed by atoms with Crippen LogP contribution < -0.4 is 15.4 Å². The number of benzene rings is 1. The van der Waals surface area contributed by atoms with Crippen molar-refractivity contribution in [1.29, 1.82) is 0 Å². The number of nitrogens with one attached hydrogen (secondary N) is 2. The molecule has 0 aliphatic heterocycles. The first kappa shape index (κ1) is 23.7. The Labute approximate surface area is 198 Å². The number of hydrogen-bond donors (Lipinski definition) is 2. The van der Waals surface area contributed by atoms with E-state index in [1.807, 2.05) is 0 Å². The summed E-state index contributed by atoms with van der Waals surface area (Å²) in [5.74, 6) is 0.446. The Bertz CT molecular complexity index is 936. The second-order valence-corrected chi connectivity index (χ2v) is 10.1. The third-order valence-corrected chi connectivity index (χ3v) is 7.48. The highest BCUT2D eigenvalue weighted by atomic mass is 32.1. The number of rotatable bonds is 9. The summed E-state index contributed by atoms with van der Waals surface area (Å²) in [6.45, 7) is 0.116. The topological polar surface area (TPSA) is 80.3 Å². The number of carbonyl (C=O) groups excluding carboxylic acids is 2. The molecule has 0 spiro atoms. The number of thiazole rings is 1. The number of para-hydroxylation sites is 1. The standard InChI is InChI=1S/C25H32FN3O3S/c26-20-7-3-4-8-22(20)32-15-24-29-21(16-33-24)25(31)28-19-12-10-18(11-13-19)27-23(30)14-9-17-5-1-2-6-17/h3-4,7-8,16-19H,1-2,5-6,9-15H2,(H,27,30)(H,28,31). The van der Waals surface area contributed by atoms with E-state index in [2.05, 4.69) is 15.6 Å². The van der Waals surface area contributed by atoms with Crippen LogP contribution in [0.3, 0.4) is 0 Å². The summed E-state index contributed by atoms with van der Waals surface area (Å²) in [5.41, 5.74) is 0.356. The van der Waals surface area contributed by atoms with Gasteiger partial charge in [0, 0.05) is 23.9 Å². The molecule has 2 aliphatic carbocycles. The van der Waals surface area contributed by atoms with Crippen molar-refractivity contribution >= 4 is 23.2 Å². The van der Waals surface area contributed by atoms with Crippen LogP contribution in [0.4, 0.5) is 4.39 Å². The Balaban J connectivity index is 1.15. The first-order valence-electron chi connectivity index (χ1n) is 12.0. The molecular formula is C25H32FN3O3S. The Morgan fingerprint density at radius 2 is 1.73 bits per heavy atom. The molecule has 1 aromatic heterocycles. The van der Waals surface area contributed by atoms with Gasteiger partial charge < -0.3 is 15.4 Å². The predicted molar refractivity (Wildman–Crippen MR) is 126 cm³/mol. The minimum Gasteiger partial charge on any atom is -0.483 e. The highest BCUT2D eigenvalue weighted by Gasteiger charge is 2.25. The molecule has 0 atom stereocenters. The molecule has 6 nitrogen and oxygen atoms in total. The van der Waals surface area contributed by atoms with E-state index in [1.54, 1.807) is 23.6 Å². The molecule has 2 fully saturated rings. The zero-order valence-corrected chi connectivity index (χ0v) is 19.7. The van der Waals surface area contributed by atoms with Crippen LogP contribution in [0, 0.1) is 11.7 Å². The third-order valence-electron chi connectivity index (χ3n) is 6.65. The molecule has 2 saturated carbocycles. The van der Waals surface area contributed by atoms with E-state index in [-0.39, 0.29) is 36.3 Å². The molecular weight excluding hydrogens is 441 g/mol. The second kappa shape index (κ2) is 11.6. The number of aromatic nitrogens is 1. The summed E-state index contributed by atoms with van der Waals surface area (Å²) in [6.07, 6.45) is 10.2. The smallest absolute Gasteiger partial charge is 0.270 e. The Hall–Kier alpha value is -2.48. The first-order chi connectivity index (χ1) is 16.1. The predicted octanol–water partition coefficient (Wildman–Crippen LogP) is 4.99. The maximum atomic E-state index is 13.7. The van der Waals surface area contributed by atoms with Gasteiger partial charge in [-0.1, -0.05) is 37.8 Å². The molecule has 1 aromatic carbocycles. The van der Waals surface area contributed by atoms with Crippen molar-refractivity contribution in [3.8, 4) is 5.75 Å². The van der Waals surface area contributed by atoms with E-state index in [9.17, 15) is 14.0 Å². The molecule has 1 heterocycles. The van der Waals surface area contributed by atoms with Crippen molar-refractivity contribution in [2.45, 2.75) is 82.9 Å². The lowest BCUT2D eigenvalue weighted by Gasteiger charge is -2.29. The summed E-state index contributed by atoms with van der Waals surface area (Å²) in [7, 11) is 0. The van der Waals surface area contributed by atoms with Crippen molar-refractivity contribution in [2.75, 3.05) is 0 Å². The van der Waals surface area contributed by atoms with Gasteiger partial charge in [-0.3, -0.25) is 9.59 Å². The lowest BCUT2D eigenvalue weighted by Crippen LogP contribution is -2.43. The van der Waals surface area contributed by atoms with Gasteiger partial charge in [-0.25, -0.2) is 9.37 Å². The fourth-order valence-electron chi connectivity index (χ4n) is 4.76. The van der Waals surface area contributed by atoms with E-state index in [0.29, 0.717) is 17.1 Å². The van der Waals surface area contributed by atoms with E-state index >= 15 is 0 Å². The summed E-state index contributed by atoms with van der Waals surface area (Å²) in [5, 5.41) is 8.56. The van der Waals surface area contributed by atoms with Gasteiger partial charge in [0.15, 0.2) is 11.6 Å². The normalized spacial score (nSPS) is 21.0. The van der Waals surface area contributed by atoms with Gasteiger partial charge in [0.2, 0.25) is 5.91 Å². The molecule has 2 aliphatic rings. The second-order valence-electron chi connectivity index (χ2n) is 9.12. The number of halogens is 1. The Morgan fingerprint density at radius 1 is 1.03 bits per heavy atom. The molecule has 0 unspecified atom stereocenters. The zero-order chi connectivity index (χ0) is 23.0. The average molecular weight is 474 g/mol. The molecule has 2 N–H and O–H groups in total. The number of carbonyl (C=O) groups is 2. The van der Waals surface area contributed by atoms with Crippen LogP contribution in [-0.2, 0) is 11.4 Å². The van der Waals surface area contributed by atoms with Crippen molar-refractivity contribution < 1.29 is 18.7 Å². The minimum absolute atomic E-state index is 0.0870. The molecule has 0 saturated heterocycles. The van der Waals surface area contributed by atoms with Crippen molar-refractivity contribution in [3.05, 3.63) is 46.2 Å². The molecule has 2 aromatic rings. The van der Waals surface area contributed by atoms with Crippen LogP contribution >= 0.6 is 11.3 Å². The summed E-state index contributed by atoms with van der Waals surface area (Å²) >= 11 is 1.32. The van der Waals surface area contributed by atoms with Crippen LogP contribution in [0.1, 0.15) is 79.7 Å². The highest BCUT2D eigenvalue weighted by molar-refractivity contribution is 7.09. The molecule has 4 rings (SSSR count). The molecule has 178 valence electrons. The molecule has 0 radical (unpaired) electrons. The maximum absolute atomic E-state index is 13.7. The molecule has 0 bridgehead atoms. The monoisotopic (exact) mass is 473 g/mol. The lowest BCUT2D eigenvalue weighted by atomic mass is 9.90. The van der Waals surface area contributed by atoms with Gasteiger partial charge in [0.05, 0.1) is 0 Å². The first-order valence-corrected chi connectivity index (χ1v) is 12.9. The van der Waals surface area contributed by atoms with Gasteiger partial charge in [-0.2, -0.15) is 0 Å². The van der Waals surface area contributed by atoms with Crippen LogP contribution in [-0.4, -0.2) is 28.9 Å². The van der Waals surface area contributed by atoms with Crippen molar-refractivity contribution in [1.82, 2.24) is 15.6 Å². The number of amides is 2. The van der Waals surface area contributed by atoms with Crippen LogP contribution in [0.15, 0.2) is 29.6 Å². The van der Waals surface area contributed by atoms with Crippen molar-refractivity contribution in [2.24, 2.45) is 5.92 Å². The van der Waals surface area contributed by atoms with E-state index in [4.69, 9.17) is 4.74 Å². The van der Waals surface area contributed by atoms with Gasteiger partial charge >= 0.3 is 0 Å². The summed E-state index contributed by atoms with van der Waals surface area (Å²) in [6, 6.07) is 6.50. The zero-order valence-electron chi connectivity index (χ0n) is 18.9. The van der Waals surface area contributed by atoms with Gasteiger partial charge in [-0.05, 0) is 50.2 Å². The quantitative estimate of drug-likeness (QED) is 0.538. The van der Waals surface area contributed by atoms with E-state index in [0.717, 1.165) is 38.0 Å². The van der Waals surface area contributed by atoms with E-state index < -0.39 is 5.82 Å². The minimum atomic E-state index is -0.423. The van der Waals surface area contributed by atoms with Gasteiger partial charge in [0.1, 0.15) is 17.3 Å². The summed E-state index contributed by atoms with van der Waals surface area (Å²) < 4.78 is 19.1. The molecule has 8 heteroatoms. The SMILES string of the molecule is O=C(CCC1CCCC1)NC1CCC(NC(=O)c2csc(COc3ccccc3F)n2)CC1. The van der Waals surface area contributed by atoms with Crippen LogP contribution in [0.2, 0.25) is 0 Å². The fourth-order valence-corrected chi connectivity index (χ4v) is 5.44. The lowest BCUT2D eigenvalue weighted by molar-refractivity contribution is -0.122. The number of nitrogens with zero attached hydrogens (tertiary/aromatic N) is 1. The largest absolute Gasteiger partial charge is 0.483 e. The van der Waals surface area contributed by atoms with Crippen molar-refractivity contribution in [3.63, 3.8) is 0 Å². The summed E-state index contributed by atoms with van der Waals surface area (Å²) in [4.78, 5) is 29.2. The number of hydrogen-bond acceptors (Lipinski definition) is 5. The molecule has 2 amide bonds. The van der Waals surface area contributed by atoms with E-state index in [1.165, 1.54) is 43.1 Å². The average Bonchev–Trinajstić information content (AvgIpc) is 3.51. The fraction of sp³-hybridized carbons (Fsp3) is 0.560. The molecule has 33 heavy (non-hydrogen) atoms. The Morgan fingerprint density at radius 3 is 2.45 bits per heavy atom. The Kier molecular flexibility index (Phi) is 8.31. The third kappa shape index (κ3) is 7.00. The van der Waals surface area contributed by atoms with Crippen LogP contribution in [0.5, 0.6) is 5.75 Å². The van der Waals surface area contributed by atoms with Gasteiger partial charge in [-0.15, -0.1) is 11.3 Å². The maximum Gasteiger partial charge on any atom is 0.270 e. The van der Waals surface area contributed by atoms with Gasteiger partial charge in [0.25, 0.3) is 5.91 Å². The number of ether oxygens (including phenoxy) is 1. The highest BCUT2D eigenvalue weighted by Crippen LogP contribution is 2.28. The van der Waals surface area contributed by atoms with Crippen LogP contribution in [0.25, 0.3) is 0 Å².